The first kappa shape index (κ1) is 13.9. The van der Waals surface area contributed by atoms with Gasteiger partial charge in [0.25, 0.3) is 5.91 Å². The van der Waals surface area contributed by atoms with E-state index in [4.69, 9.17) is 0 Å². The molecule has 0 unspecified atom stereocenters. The molecule has 0 fully saturated rings. The SMILES string of the molecule is Cc1ccc(NC(=O)c2ccccc2-c2ccncn2)cc1. The van der Waals surface area contributed by atoms with Gasteiger partial charge in [-0.25, -0.2) is 9.97 Å². The second-order valence-electron chi connectivity index (χ2n) is 4.96. The van der Waals surface area contributed by atoms with Crippen LogP contribution in [0.15, 0.2) is 67.1 Å². The van der Waals surface area contributed by atoms with Crippen LogP contribution in [0.4, 0.5) is 5.69 Å². The van der Waals surface area contributed by atoms with Crippen molar-refractivity contribution < 1.29 is 4.79 Å². The number of rotatable bonds is 3. The average molecular weight is 289 g/mol. The number of anilines is 1. The molecular formula is C18H15N3O. The zero-order valence-electron chi connectivity index (χ0n) is 12.2. The molecule has 4 nitrogen and oxygen atoms in total. The molecule has 4 heteroatoms. The molecule has 1 heterocycles. The number of aromatic nitrogens is 2. The Kier molecular flexibility index (Phi) is 3.92. The predicted molar refractivity (Wildman–Crippen MR) is 86.6 cm³/mol. The molecule has 1 amide bonds. The minimum Gasteiger partial charge on any atom is -0.322 e. The van der Waals surface area contributed by atoms with Crippen molar-refractivity contribution in [1.82, 2.24) is 9.97 Å². The van der Waals surface area contributed by atoms with Crippen LogP contribution in [0.25, 0.3) is 11.3 Å². The smallest absolute Gasteiger partial charge is 0.256 e. The molecule has 1 N–H and O–H groups in total. The van der Waals surface area contributed by atoms with Gasteiger partial charge < -0.3 is 5.32 Å². The summed E-state index contributed by atoms with van der Waals surface area (Å²) in [5.74, 6) is -0.155. The van der Waals surface area contributed by atoms with Gasteiger partial charge >= 0.3 is 0 Å². The molecule has 0 radical (unpaired) electrons. The Morgan fingerprint density at radius 3 is 2.50 bits per heavy atom. The molecule has 0 aliphatic carbocycles. The van der Waals surface area contributed by atoms with Gasteiger partial charge in [-0.05, 0) is 31.2 Å². The Labute approximate surface area is 128 Å². The molecule has 3 aromatic rings. The second-order valence-corrected chi connectivity index (χ2v) is 4.96. The molecule has 0 aliphatic heterocycles. The molecule has 1 aromatic heterocycles. The maximum Gasteiger partial charge on any atom is 0.256 e. The van der Waals surface area contributed by atoms with Crippen LogP contribution in [0.2, 0.25) is 0 Å². The highest BCUT2D eigenvalue weighted by molar-refractivity contribution is 6.08. The lowest BCUT2D eigenvalue weighted by molar-refractivity contribution is 0.102. The Hall–Kier alpha value is -3.01. The van der Waals surface area contributed by atoms with Gasteiger partial charge in [0, 0.05) is 23.0 Å². The van der Waals surface area contributed by atoms with E-state index in [2.05, 4.69) is 15.3 Å². The number of nitrogens with zero attached hydrogens (tertiary/aromatic N) is 2. The van der Waals surface area contributed by atoms with Crippen molar-refractivity contribution in [3.05, 3.63) is 78.2 Å². The normalized spacial score (nSPS) is 10.2. The zero-order chi connectivity index (χ0) is 15.4. The van der Waals surface area contributed by atoms with Gasteiger partial charge in [-0.2, -0.15) is 0 Å². The van der Waals surface area contributed by atoms with Crippen LogP contribution in [0.5, 0.6) is 0 Å². The first-order valence-corrected chi connectivity index (χ1v) is 6.97. The third-order valence-corrected chi connectivity index (χ3v) is 3.34. The van der Waals surface area contributed by atoms with E-state index >= 15 is 0 Å². The number of nitrogens with one attached hydrogen (secondary N) is 1. The van der Waals surface area contributed by atoms with Gasteiger partial charge in [0.05, 0.1) is 5.69 Å². The van der Waals surface area contributed by atoms with E-state index in [9.17, 15) is 4.79 Å². The summed E-state index contributed by atoms with van der Waals surface area (Å²) in [6.45, 7) is 2.01. The summed E-state index contributed by atoms with van der Waals surface area (Å²) in [6, 6.07) is 16.9. The lowest BCUT2D eigenvalue weighted by atomic mass is 10.0. The van der Waals surface area contributed by atoms with Crippen LogP contribution in [-0.4, -0.2) is 15.9 Å². The van der Waals surface area contributed by atoms with E-state index in [0.717, 1.165) is 22.5 Å². The van der Waals surface area contributed by atoms with Crippen molar-refractivity contribution in [3.8, 4) is 11.3 Å². The zero-order valence-corrected chi connectivity index (χ0v) is 12.2. The number of carbonyl (C=O) groups excluding carboxylic acids is 1. The first-order chi connectivity index (χ1) is 10.7. The fourth-order valence-corrected chi connectivity index (χ4v) is 2.19. The Bertz CT molecular complexity index is 783. The minimum absolute atomic E-state index is 0.155. The molecule has 108 valence electrons. The average Bonchev–Trinajstić information content (AvgIpc) is 2.58. The molecular weight excluding hydrogens is 274 g/mol. The van der Waals surface area contributed by atoms with Crippen LogP contribution >= 0.6 is 0 Å². The van der Waals surface area contributed by atoms with Gasteiger partial charge in [0.1, 0.15) is 6.33 Å². The highest BCUT2D eigenvalue weighted by Gasteiger charge is 2.13. The van der Waals surface area contributed by atoms with Gasteiger partial charge in [-0.3, -0.25) is 4.79 Å². The lowest BCUT2D eigenvalue weighted by Crippen LogP contribution is -2.13. The molecule has 2 aromatic carbocycles. The third-order valence-electron chi connectivity index (χ3n) is 3.34. The van der Waals surface area contributed by atoms with Crippen molar-refractivity contribution in [2.24, 2.45) is 0 Å². The number of aryl methyl sites for hydroxylation is 1. The van der Waals surface area contributed by atoms with Gasteiger partial charge in [-0.15, -0.1) is 0 Å². The van der Waals surface area contributed by atoms with E-state index in [1.54, 1.807) is 18.3 Å². The topological polar surface area (TPSA) is 54.9 Å². The molecule has 0 spiro atoms. The summed E-state index contributed by atoms with van der Waals surface area (Å²) in [6.07, 6.45) is 3.14. The van der Waals surface area contributed by atoms with E-state index < -0.39 is 0 Å². The highest BCUT2D eigenvalue weighted by atomic mass is 16.1. The van der Waals surface area contributed by atoms with E-state index in [0.29, 0.717) is 5.56 Å². The maximum atomic E-state index is 12.5. The third kappa shape index (κ3) is 3.01. The molecule has 0 bridgehead atoms. The second kappa shape index (κ2) is 6.18. The maximum absolute atomic E-state index is 12.5. The van der Waals surface area contributed by atoms with Gasteiger partial charge in [0.2, 0.25) is 0 Å². The number of amides is 1. The van der Waals surface area contributed by atoms with E-state index in [1.165, 1.54) is 6.33 Å². The fraction of sp³-hybridized carbons (Fsp3) is 0.0556. The number of benzene rings is 2. The summed E-state index contributed by atoms with van der Waals surface area (Å²) in [7, 11) is 0. The van der Waals surface area contributed by atoms with Gasteiger partial charge in [0.15, 0.2) is 0 Å². The quantitative estimate of drug-likeness (QED) is 0.799. The Balaban J connectivity index is 1.91. The van der Waals surface area contributed by atoms with E-state index in [1.807, 2.05) is 49.4 Å². The summed E-state index contributed by atoms with van der Waals surface area (Å²) in [5.41, 5.74) is 4.02. The Morgan fingerprint density at radius 1 is 1.00 bits per heavy atom. The predicted octanol–water partition coefficient (Wildman–Crippen LogP) is 3.70. The number of hydrogen-bond acceptors (Lipinski definition) is 3. The molecule has 0 saturated heterocycles. The summed E-state index contributed by atoms with van der Waals surface area (Å²) >= 11 is 0. The highest BCUT2D eigenvalue weighted by Crippen LogP contribution is 2.22. The van der Waals surface area contributed by atoms with Gasteiger partial charge in [-0.1, -0.05) is 35.9 Å². The van der Waals surface area contributed by atoms with Crippen molar-refractivity contribution in [2.75, 3.05) is 5.32 Å². The first-order valence-electron chi connectivity index (χ1n) is 6.97. The fourth-order valence-electron chi connectivity index (χ4n) is 2.19. The molecule has 0 aliphatic rings. The van der Waals surface area contributed by atoms with Crippen molar-refractivity contribution in [1.29, 1.82) is 0 Å². The van der Waals surface area contributed by atoms with Crippen molar-refractivity contribution >= 4 is 11.6 Å². The molecule has 22 heavy (non-hydrogen) atoms. The number of carbonyl (C=O) groups is 1. The summed E-state index contributed by atoms with van der Waals surface area (Å²) in [5, 5.41) is 2.91. The largest absolute Gasteiger partial charge is 0.322 e. The van der Waals surface area contributed by atoms with Crippen LogP contribution in [0.3, 0.4) is 0 Å². The van der Waals surface area contributed by atoms with Crippen molar-refractivity contribution in [2.45, 2.75) is 6.92 Å². The number of hydrogen-bond donors (Lipinski definition) is 1. The summed E-state index contributed by atoms with van der Waals surface area (Å²) < 4.78 is 0. The molecule has 0 atom stereocenters. The molecule has 3 rings (SSSR count). The van der Waals surface area contributed by atoms with Crippen LogP contribution in [0.1, 0.15) is 15.9 Å². The van der Waals surface area contributed by atoms with Crippen molar-refractivity contribution in [3.63, 3.8) is 0 Å². The van der Waals surface area contributed by atoms with Crippen LogP contribution in [-0.2, 0) is 0 Å². The van der Waals surface area contributed by atoms with Crippen LogP contribution < -0.4 is 5.32 Å². The minimum atomic E-state index is -0.155. The van der Waals surface area contributed by atoms with E-state index in [-0.39, 0.29) is 5.91 Å². The summed E-state index contributed by atoms with van der Waals surface area (Å²) in [4.78, 5) is 20.7. The lowest BCUT2D eigenvalue weighted by Gasteiger charge is -2.10. The standard InChI is InChI=1S/C18H15N3O/c1-13-6-8-14(9-7-13)21-18(22)16-5-3-2-4-15(16)17-10-11-19-12-20-17/h2-12H,1H3,(H,21,22). The monoisotopic (exact) mass is 289 g/mol. The molecule has 0 saturated carbocycles. The Morgan fingerprint density at radius 2 is 1.77 bits per heavy atom. The van der Waals surface area contributed by atoms with Crippen LogP contribution in [0, 0.1) is 6.92 Å².